The van der Waals surface area contributed by atoms with E-state index < -0.39 is 12.6 Å². The summed E-state index contributed by atoms with van der Waals surface area (Å²) >= 11 is 0. The average molecular weight is 259 g/mol. The molecule has 1 aromatic carbocycles. The number of fused-ring (bicyclic) bond motifs is 1. The van der Waals surface area contributed by atoms with Gasteiger partial charge in [-0.3, -0.25) is 0 Å². The predicted molar refractivity (Wildman–Crippen MR) is 62.7 cm³/mol. The van der Waals surface area contributed by atoms with E-state index in [9.17, 15) is 13.2 Å². The second-order valence-electron chi connectivity index (χ2n) is 4.51. The number of ether oxygens (including phenoxy) is 1. The van der Waals surface area contributed by atoms with E-state index in [-0.39, 0.29) is 12.6 Å². The molecule has 0 aromatic heterocycles. The van der Waals surface area contributed by atoms with Crippen molar-refractivity contribution in [2.75, 3.05) is 13.2 Å². The Morgan fingerprint density at radius 3 is 2.89 bits per heavy atom. The number of hydrogen-bond donors (Lipinski definition) is 1. The zero-order valence-electron chi connectivity index (χ0n) is 10.2. The van der Waals surface area contributed by atoms with Crippen LogP contribution < -0.4 is 10.1 Å². The lowest BCUT2D eigenvalue weighted by Crippen LogP contribution is -2.24. The number of halogens is 3. The Labute approximate surface area is 104 Å². The molecule has 1 aromatic rings. The van der Waals surface area contributed by atoms with Crippen LogP contribution >= 0.6 is 0 Å². The van der Waals surface area contributed by atoms with Gasteiger partial charge in [0.15, 0.2) is 0 Å². The van der Waals surface area contributed by atoms with Gasteiger partial charge in [-0.25, -0.2) is 0 Å². The second-order valence-corrected chi connectivity index (χ2v) is 4.51. The van der Waals surface area contributed by atoms with Crippen LogP contribution in [0, 0.1) is 0 Å². The van der Waals surface area contributed by atoms with Gasteiger partial charge in [0.2, 0.25) is 0 Å². The lowest BCUT2D eigenvalue weighted by atomic mass is 10.0. The van der Waals surface area contributed by atoms with Crippen LogP contribution in [0.4, 0.5) is 13.2 Å². The monoisotopic (exact) mass is 259 g/mol. The third-order valence-electron chi connectivity index (χ3n) is 3.07. The lowest BCUT2D eigenvalue weighted by molar-refractivity contribution is -0.133. The Kier molecular flexibility index (Phi) is 3.80. The van der Waals surface area contributed by atoms with Crippen LogP contribution in [0.15, 0.2) is 18.2 Å². The fraction of sp³-hybridized carbons (Fsp3) is 0.538. The van der Waals surface area contributed by atoms with Crippen molar-refractivity contribution in [3.05, 3.63) is 29.3 Å². The van der Waals surface area contributed by atoms with Crippen molar-refractivity contribution in [2.45, 2.75) is 32.0 Å². The molecule has 5 heteroatoms. The topological polar surface area (TPSA) is 21.3 Å². The highest BCUT2D eigenvalue weighted by Crippen LogP contribution is 2.28. The quantitative estimate of drug-likeness (QED) is 0.896. The molecular weight excluding hydrogens is 243 g/mol. The molecule has 1 N–H and O–H groups in total. The van der Waals surface area contributed by atoms with Crippen molar-refractivity contribution in [1.29, 1.82) is 0 Å². The molecule has 0 fully saturated rings. The van der Waals surface area contributed by atoms with Crippen LogP contribution in [0.3, 0.4) is 0 Å². The summed E-state index contributed by atoms with van der Waals surface area (Å²) in [4.78, 5) is 0. The molecule has 0 aliphatic carbocycles. The Bertz CT molecular complexity index is 417. The molecule has 1 atom stereocenters. The van der Waals surface area contributed by atoms with Gasteiger partial charge in [0.1, 0.15) is 5.75 Å². The first-order valence-electron chi connectivity index (χ1n) is 6.01. The molecule has 0 saturated carbocycles. The summed E-state index contributed by atoms with van der Waals surface area (Å²) in [5.41, 5.74) is 2.14. The molecule has 2 nitrogen and oxygen atoms in total. The van der Waals surface area contributed by atoms with Crippen LogP contribution in [0.2, 0.25) is 0 Å². The first kappa shape index (κ1) is 13.2. The summed E-state index contributed by atoms with van der Waals surface area (Å²) < 4.78 is 41.5. The van der Waals surface area contributed by atoms with Gasteiger partial charge < -0.3 is 10.1 Å². The van der Waals surface area contributed by atoms with Crippen molar-refractivity contribution in [2.24, 2.45) is 0 Å². The number of hydrogen-bond acceptors (Lipinski definition) is 2. The Hall–Kier alpha value is -1.23. The third kappa shape index (κ3) is 3.38. The van der Waals surface area contributed by atoms with E-state index in [0.29, 0.717) is 6.61 Å². The van der Waals surface area contributed by atoms with Crippen molar-refractivity contribution in [3.63, 3.8) is 0 Å². The zero-order chi connectivity index (χ0) is 13.2. The fourth-order valence-electron chi connectivity index (χ4n) is 2.02. The van der Waals surface area contributed by atoms with E-state index in [0.717, 1.165) is 23.3 Å². The highest BCUT2D eigenvalue weighted by Gasteiger charge is 2.26. The predicted octanol–water partition coefficient (Wildman–Crippen LogP) is 3.22. The van der Waals surface area contributed by atoms with E-state index in [1.165, 1.54) is 0 Å². The smallest absolute Gasteiger partial charge is 0.390 e. The van der Waals surface area contributed by atoms with Crippen molar-refractivity contribution < 1.29 is 17.9 Å². The van der Waals surface area contributed by atoms with Gasteiger partial charge in [0.25, 0.3) is 0 Å². The molecule has 0 amide bonds. The molecule has 1 aliphatic heterocycles. The Morgan fingerprint density at radius 1 is 1.39 bits per heavy atom. The fourth-order valence-corrected chi connectivity index (χ4v) is 2.02. The van der Waals surface area contributed by atoms with E-state index in [1.54, 1.807) is 0 Å². The maximum Gasteiger partial charge on any atom is 0.390 e. The highest BCUT2D eigenvalue weighted by atomic mass is 19.4. The molecule has 0 bridgehead atoms. The summed E-state index contributed by atoms with van der Waals surface area (Å²) in [6.45, 7) is 2.50. The number of rotatable bonds is 4. The average Bonchev–Trinajstić information content (AvgIpc) is 2.73. The molecule has 1 aliphatic rings. The van der Waals surface area contributed by atoms with Crippen LogP contribution in [0.5, 0.6) is 5.75 Å². The van der Waals surface area contributed by atoms with E-state index >= 15 is 0 Å². The summed E-state index contributed by atoms with van der Waals surface area (Å²) in [5.74, 6) is 0.890. The van der Waals surface area contributed by atoms with Crippen LogP contribution in [0.1, 0.15) is 30.5 Å². The van der Waals surface area contributed by atoms with Gasteiger partial charge in [-0.2, -0.15) is 13.2 Å². The first-order chi connectivity index (χ1) is 8.46. The largest absolute Gasteiger partial charge is 0.493 e. The van der Waals surface area contributed by atoms with Gasteiger partial charge >= 0.3 is 6.18 Å². The molecule has 2 rings (SSSR count). The summed E-state index contributed by atoms with van der Waals surface area (Å²) in [5, 5.41) is 2.89. The van der Waals surface area contributed by atoms with Gasteiger partial charge in [0.05, 0.1) is 13.0 Å². The van der Waals surface area contributed by atoms with Gasteiger partial charge in [-0.1, -0.05) is 12.1 Å². The van der Waals surface area contributed by atoms with Gasteiger partial charge in [-0.05, 0) is 24.1 Å². The van der Waals surface area contributed by atoms with Crippen molar-refractivity contribution in [3.8, 4) is 5.75 Å². The maximum atomic E-state index is 12.0. The van der Waals surface area contributed by atoms with Crippen molar-refractivity contribution >= 4 is 0 Å². The summed E-state index contributed by atoms with van der Waals surface area (Å²) in [6, 6.07) is 5.71. The number of alkyl halides is 3. The summed E-state index contributed by atoms with van der Waals surface area (Å²) in [7, 11) is 0. The number of nitrogens with one attached hydrogen (secondary N) is 1. The molecule has 0 spiro atoms. The molecule has 1 heterocycles. The molecule has 0 saturated heterocycles. The SMILES string of the molecule is CC(NCCC(F)(F)F)c1ccc2c(c1)CCO2. The minimum absolute atomic E-state index is 0.0573. The third-order valence-corrected chi connectivity index (χ3v) is 3.07. The van der Waals surface area contributed by atoms with Crippen LogP contribution in [-0.4, -0.2) is 19.3 Å². The van der Waals surface area contributed by atoms with Gasteiger partial charge in [0, 0.05) is 19.0 Å². The number of benzene rings is 1. The second kappa shape index (κ2) is 5.18. The van der Waals surface area contributed by atoms with E-state index in [2.05, 4.69) is 5.32 Å². The van der Waals surface area contributed by atoms with E-state index in [1.807, 2.05) is 25.1 Å². The molecule has 18 heavy (non-hydrogen) atoms. The highest BCUT2D eigenvalue weighted by molar-refractivity contribution is 5.40. The van der Waals surface area contributed by atoms with Crippen LogP contribution in [0.25, 0.3) is 0 Å². The Balaban J connectivity index is 1.91. The minimum atomic E-state index is -4.10. The Morgan fingerprint density at radius 2 is 2.17 bits per heavy atom. The molecule has 1 unspecified atom stereocenters. The summed E-state index contributed by atoms with van der Waals surface area (Å²) in [6.07, 6.45) is -4.03. The standard InChI is InChI=1S/C13H16F3NO/c1-9(17-6-5-13(14,15)16)10-2-3-12-11(8-10)4-7-18-12/h2-3,8-9,17H,4-7H2,1H3. The zero-order valence-corrected chi connectivity index (χ0v) is 10.2. The molecular formula is C13H16F3NO. The van der Waals surface area contributed by atoms with Gasteiger partial charge in [-0.15, -0.1) is 0 Å². The lowest BCUT2D eigenvalue weighted by Gasteiger charge is -2.16. The normalized spacial score (nSPS) is 16.2. The van der Waals surface area contributed by atoms with Crippen LogP contribution in [-0.2, 0) is 6.42 Å². The maximum absolute atomic E-state index is 12.0. The van der Waals surface area contributed by atoms with Crippen molar-refractivity contribution in [1.82, 2.24) is 5.32 Å². The minimum Gasteiger partial charge on any atom is -0.493 e. The van der Waals surface area contributed by atoms with E-state index in [4.69, 9.17) is 4.74 Å². The molecule has 0 radical (unpaired) electrons. The molecule has 100 valence electrons. The first-order valence-corrected chi connectivity index (χ1v) is 6.01.